The fourth-order valence-electron chi connectivity index (χ4n) is 1.35. The quantitative estimate of drug-likeness (QED) is 0.732. The van der Waals surface area contributed by atoms with Crippen LogP contribution in [-0.4, -0.2) is 51.7 Å². The summed E-state index contributed by atoms with van der Waals surface area (Å²) in [6, 6.07) is 3.33. The molecule has 0 aliphatic carbocycles. The summed E-state index contributed by atoms with van der Waals surface area (Å²) >= 11 is 1.20. The fourth-order valence-corrected chi connectivity index (χ4v) is 3.76. The van der Waals surface area contributed by atoms with Crippen LogP contribution in [0.2, 0.25) is 0 Å². The van der Waals surface area contributed by atoms with E-state index in [0.29, 0.717) is 23.7 Å². The van der Waals surface area contributed by atoms with Gasteiger partial charge in [0.2, 0.25) is 10.0 Å². The molecule has 0 radical (unpaired) electrons. The third-order valence-electron chi connectivity index (χ3n) is 2.59. The monoisotopic (exact) mass is 292 g/mol. The molecular weight excluding hydrogens is 272 g/mol. The minimum absolute atomic E-state index is 0.0364. The first-order valence-electron chi connectivity index (χ1n) is 5.87. The Balaban J connectivity index is 2.56. The Hall–Kier alpha value is -0.470. The van der Waals surface area contributed by atoms with Gasteiger partial charge >= 0.3 is 0 Å². The highest BCUT2D eigenvalue weighted by Crippen LogP contribution is 2.21. The number of likely N-dealkylation sites (N-methyl/N-ethyl adjacent to an activating group) is 1. The SMILES string of the molecule is CCN(C)CCNS(=O)(=O)c1ccc(CCO)s1. The average Bonchev–Trinajstić information content (AvgIpc) is 2.78. The van der Waals surface area contributed by atoms with Gasteiger partial charge in [-0.1, -0.05) is 6.92 Å². The molecule has 1 aromatic rings. The minimum Gasteiger partial charge on any atom is -0.396 e. The Kier molecular flexibility index (Phi) is 6.24. The molecule has 0 spiro atoms. The number of nitrogens with zero attached hydrogens (tertiary/aromatic N) is 1. The number of aliphatic hydroxyl groups excluding tert-OH is 1. The highest BCUT2D eigenvalue weighted by molar-refractivity contribution is 7.91. The second-order valence-electron chi connectivity index (χ2n) is 3.99. The molecule has 1 rings (SSSR count). The summed E-state index contributed by atoms with van der Waals surface area (Å²) in [6.07, 6.45) is 0.499. The maximum absolute atomic E-state index is 11.9. The van der Waals surface area contributed by atoms with Crippen LogP contribution in [0.1, 0.15) is 11.8 Å². The molecule has 0 fully saturated rings. The van der Waals surface area contributed by atoms with Crippen LogP contribution in [0.25, 0.3) is 0 Å². The Morgan fingerprint density at radius 3 is 2.78 bits per heavy atom. The topological polar surface area (TPSA) is 69.6 Å². The summed E-state index contributed by atoms with van der Waals surface area (Å²) in [7, 11) is -1.46. The van der Waals surface area contributed by atoms with Gasteiger partial charge in [-0.15, -0.1) is 11.3 Å². The van der Waals surface area contributed by atoms with E-state index in [1.165, 1.54) is 11.3 Å². The average molecular weight is 292 g/mol. The number of sulfonamides is 1. The van der Waals surface area contributed by atoms with Crippen LogP contribution >= 0.6 is 11.3 Å². The van der Waals surface area contributed by atoms with E-state index in [1.807, 2.05) is 18.9 Å². The van der Waals surface area contributed by atoms with E-state index in [4.69, 9.17) is 5.11 Å². The van der Waals surface area contributed by atoms with Crippen LogP contribution in [0, 0.1) is 0 Å². The Bertz CT molecular complexity index is 457. The van der Waals surface area contributed by atoms with Gasteiger partial charge in [0.15, 0.2) is 0 Å². The molecule has 1 heterocycles. The molecule has 0 amide bonds. The lowest BCUT2D eigenvalue weighted by Crippen LogP contribution is -2.32. The number of hydrogen-bond donors (Lipinski definition) is 2. The molecule has 18 heavy (non-hydrogen) atoms. The van der Waals surface area contributed by atoms with Crippen molar-refractivity contribution in [1.82, 2.24) is 9.62 Å². The van der Waals surface area contributed by atoms with Crippen molar-refractivity contribution in [2.45, 2.75) is 17.6 Å². The summed E-state index contributed by atoms with van der Waals surface area (Å²) < 4.78 is 26.8. The third kappa shape index (κ3) is 4.66. The summed E-state index contributed by atoms with van der Waals surface area (Å²) in [4.78, 5) is 2.91. The maximum atomic E-state index is 11.9. The Morgan fingerprint density at radius 1 is 1.44 bits per heavy atom. The number of aliphatic hydroxyl groups is 1. The predicted octanol–water partition coefficient (Wildman–Crippen LogP) is 0.513. The van der Waals surface area contributed by atoms with E-state index in [2.05, 4.69) is 4.72 Å². The molecule has 7 heteroatoms. The van der Waals surface area contributed by atoms with Crippen molar-refractivity contribution < 1.29 is 13.5 Å². The van der Waals surface area contributed by atoms with Crippen LogP contribution in [0.4, 0.5) is 0 Å². The second-order valence-corrected chi connectivity index (χ2v) is 7.15. The van der Waals surface area contributed by atoms with Crippen molar-refractivity contribution in [3.05, 3.63) is 17.0 Å². The van der Waals surface area contributed by atoms with Gasteiger partial charge in [0.25, 0.3) is 0 Å². The van der Waals surface area contributed by atoms with Gasteiger partial charge in [0, 0.05) is 31.0 Å². The van der Waals surface area contributed by atoms with Gasteiger partial charge in [-0.25, -0.2) is 13.1 Å². The first kappa shape index (κ1) is 15.6. The van der Waals surface area contributed by atoms with Gasteiger partial charge < -0.3 is 10.0 Å². The smallest absolute Gasteiger partial charge is 0.250 e. The van der Waals surface area contributed by atoms with Crippen molar-refractivity contribution >= 4 is 21.4 Å². The largest absolute Gasteiger partial charge is 0.396 e. The summed E-state index contributed by atoms with van der Waals surface area (Å²) in [5.41, 5.74) is 0. The van der Waals surface area contributed by atoms with Crippen LogP contribution in [0.5, 0.6) is 0 Å². The molecule has 0 aliphatic rings. The van der Waals surface area contributed by atoms with Crippen molar-refractivity contribution in [2.24, 2.45) is 0 Å². The van der Waals surface area contributed by atoms with E-state index in [9.17, 15) is 8.42 Å². The lowest BCUT2D eigenvalue weighted by molar-refractivity contribution is 0.300. The molecule has 0 unspecified atom stereocenters. The minimum atomic E-state index is -3.40. The fraction of sp³-hybridized carbons (Fsp3) is 0.636. The van der Waals surface area contributed by atoms with Gasteiger partial charge in [-0.2, -0.15) is 0 Å². The van der Waals surface area contributed by atoms with E-state index < -0.39 is 10.0 Å². The summed E-state index contributed by atoms with van der Waals surface area (Å²) in [5.74, 6) is 0. The standard InChI is InChI=1S/C11H20N2O3S2/c1-3-13(2)8-7-12-18(15,16)11-5-4-10(17-11)6-9-14/h4-5,12,14H,3,6-9H2,1-2H3. The maximum Gasteiger partial charge on any atom is 0.250 e. The molecule has 0 atom stereocenters. The highest BCUT2D eigenvalue weighted by atomic mass is 32.2. The van der Waals surface area contributed by atoms with Crippen LogP contribution < -0.4 is 4.72 Å². The molecule has 1 aromatic heterocycles. The number of thiophene rings is 1. The van der Waals surface area contributed by atoms with Gasteiger partial charge in [0.1, 0.15) is 4.21 Å². The zero-order chi connectivity index (χ0) is 13.6. The van der Waals surface area contributed by atoms with Gasteiger partial charge in [-0.3, -0.25) is 0 Å². The number of hydrogen-bond acceptors (Lipinski definition) is 5. The van der Waals surface area contributed by atoms with E-state index in [0.717, 1.165) is 11.4 Å². The van der Waals surface area contributed by atoms with Gasteiger partial charge in [0.05, 0.1) is 0 Å². The molecule has 0 aromatic carbocycles. The van der Waals surface area contributed by atoms with Gasteiger partial charge in [-0.05, 0) is 25.7 Å². The Morgan fingerprint density at radius 2 is 2.17 bits per heavy atom. The van der Waals surface area contributed by atoms with E-state index >= 15 is 0 Å². The van der Waals surface area contributed by atoms with Crippen molar-refractivity contribution in [3.63, 3.8) is 0 Å². The molecule has 0 saturated heterocycles. The number of nitrogens with one attached hydrogen (secondary N) is 1. The highest BCUT2D eigenvalue weighted by Gasteiger charge is 2.16. The summed E-state index contributed by atoms with van der Waals surface area (Å²) in [6.45, 7) is 4.04. The molecule has 5 nitrogen and oxygen atoms in total. The lowest BCUT2D eigenvalue weighted by Gasteiger charge is -2.13. The van der Waals surface area contributed by atoms with Crippen LogP contribution in [0.3, 0.4) is 0 Å². The molecule has 0 bridgehead atoms. The van der Waals surface area contributed by atoms with Crippen molar-refractivity contribution in [2.75, 3.05) is 33.3 Å². The normalized spacial score (nSPS) is 12.2. The summed E-state index contributed by atoms with van der Waals surface area (Å²) in [5, 5.41) is 8.80. The lowest BCUT2D eigenvalue weighted by atomic mass is 10.4. The first-order valence-corrected chi connectivity index (χ1v) is 8.17. The Labute approximate surface area is 112 Å². The second kappa shape index (κ2) is 7.20. The van der Waals surface area contributed by atoms with Crippen molar-refractivity contribution in [1.29, 1.82) is 0 Å². The van der Waals surface area contributed by atoms with E-state index in [1.54, 1.807) is 12.1 Å². The number of rotatable bonds is 8. The zero-order valence-corrected chi connectivity index (χ0v) is 12.4. The van der Waals surface area contributed by atoms with Crippen LogP contribution in [-0.2, 0) is 16.4 Å². The first-order chi connectivity index (χ1) is 8.49. The predicted molar refractivity (Wildman–Crippen MR) is 73.5 cm³/mol. The van der Waals surface area contributed by atoms with Crippen molar-refractivity contribution in [3.8, 4) is 0 Å². The van der Waals surface area contributed by atoms with E-state index in [-0.39, 0.29) is 6.61 Å². The zero-order valence-electron chi connectivity index (χ0n) is 10.7. The molecule has 0 aliphatic heterocycles. The molecular formula is C11H20N2O3S2. The molecule has 0 saturated carbocycles. The third-order valence-corrected chi connectivity index (χ3v) is 5.68. The molecule has 104 valence electrons. The van der Waals surface area contributed by atoms with Crippen LogP contribution in [0.15, 0.2) is 16.3 Å². The molecule has 2 N–H and O–H groups in total.